The molecule has 2 aromatic rings. The third-order valence-corrected chi connectivity index (χ3v) is 5.72. The largest absolute Gasteiger partial charge is 0.484 e. The van der Waals surface area contributed by atoms with Crippen molar-refractivity contribution in [2.75, 3.05) is 19.7 Å². The van der Waals surface area contributed by atoms with Gasteiger partial charge >= 0.3 is 0 Å². The van der Waals surface area contributed by atoms with E-state index in [0.717, 1.165) is 17.5 Å². The molecule has 32 heavy (non-hydrogen) atoms. The monoisotopic (exact) mass is 436 g/mol. The maximum atomic E-state index is 13.1. The first kappa shape index (κ1) is 23.8. The highest BCUT2D eigenvalue weighted by Crippen LogP contribution is 2.38. The molecule has 2 aromatic carbocycles. The third kappa shape index (κ3) is 6.12. The van der Waals surface area contributed by atoms with Crippen LogP contribution >= 0.6 is 0 Å². The van der Waals surface area contributed by atoms with Gasteiger partial charge in [-0.3, -0.25) is 9.59 Å². The standard InChI is InChI=1S/C27H36N2O3/c1-18(2)14-26(31)29-13-12-21-10-11-23(32-17-25(30)28-16-19(3)4)15-24(21)27(29)22-8-6-20(5)7-9-22/h6-11,15,18-19,27H,12-14,16-17H2,1-5H3,(H,28,30)/t27-/m1/s1. The Morgan fingerprint density at radius 2 is 1.78 bits per heavy atom. The van der Waals surface area contributed by atoms with Gasteiger partial charge in [0.25, 0.3) is 5.91 Å². The summed E-state index contributed by atoms with van der Waals surface area (Å²) in [7, 11) is 0. The van der Waals surface area contributed by atoms with Crippen molar-refractivity contribution >= 4 is 11.8 Å². The number of amides is 2. The molecule has 0 bridgehead atoms. The van der Waals surface area contributed by atoms with E-state index in [1.165, 1.54) is 11.1 Å². The molecule has 0 radical (unpaired) electrons. The lowest BCUT2D eigenvalue weighted by Gasteiger charge is -2.38. The highest BCUT2D eigenvalue weighted by molar-refractivity contribution is 5.78. The first-order valence-electron chi connectivity index (χ1n) is 11.6. The fourth-order valence-corrected chi connectivity index (χ4v) is 4.04. The van der Waals surface area contributed by atoms with Crippen LogP contribution in [0.5, 0.6) is 5.75 Å². The molecule has 1 aliphatic heterocycles. The van der Waals surface area contributed by atoms with Crippen LogP contribution in [0.4, 0.5) is 0 Å². The highest BCUT2D eigenvalue weighted by atomic mass is 16.5. The van der Waals surface area contributed by atoms with Crippen LogP contribution in [0.3, 0.4) is 0 Å². The smallest absolute Gasteiger partial charge is 0.257 e. The summed E-state index contributed by atoms with van der Waals surface area (Å²) < 4.78 is 5.81. The zero-order valence-corrected chi connectivity index (χ0v) is 20.0. The molecule has 1 heterocycles. The van der Waals surface area contributed by atoms with Crippen LogP contribution in [0.25, 0.3) is 0 Å². The minimum Gasteiger partial charge on any atom is -0.484 e. The number of rotatable bonds is 8. The third-order valence-electron chi connectivity index (χ3n) is 5.72. The summed E-state index contributed by atoms with van der Waals surface area (Å²) in [6, 6.07) is 14.3. The van der Waals surface area contributed by atoms with Crippen molar-refractivity contribution in [2.45, 2.75) is 53.5 Å². The highest BCUT2D eigenvalue weighted by Gasteiger charge is 2.32. The van der Waals surface area contributed by atoms with E-state index < -0.39 is 0 Å². The molecule has 3 rings (SSSR count). The molecule has 1 aliphatic rings. The zero-order valence-electron chi connectivity index (χ0n) is 20.0. The Balaban J connectivity index is 1.87. The van der Waals surface area contributed by atoms with Crippen molar-refractivity contribution in [3.8, 4) is 5.75 Å². The van der Waals surface area contributed by atoms with Crippen molar-refractivity contribution < 1.29 is 14.3 Å². The second-order valence-corrected chi connectivity index (χ2v) is 9.60. The Kier molecular flexibility index (Phi) is 7.94. The van der Waals surface area contributed by atoms with Crippen molar-refractivity contribution in [2.24, 2.45) is 11.8 Å². The van der Waals surface area contributed by atoms with Crippen molar-refractivity contribution in [1.29, 1.82) is 0 Å². The second-order valence-electron chi connectivity index (χ2n) is 9.60. The Labute approximate surface area is 192 Å². The topological polar surface area (TPSA) is 58.6 Å². The van der Waals surface area contributed by atoms with Crippen LogP contribution in [0.1, 0.15) is 62.4 Å². The Hall–Kier alpha value is -2.82. The van der Waals surface area contributed by atoms with Gasteiger partial charge in [-0.25, -0.2) is 0 Å². The molecule has 1 atom stereocenters. The summed E-state index contributed by atoms with van der Waals surface area (Å²) >= 11 is 0. The number of hydrogen-bond acceptors (Lipinski definition) is 3. The van der Waals surface area contributed by atoms with E-state index in [9.17, 15) is 9.59 Å². The summed E-state index contributed by atoms with van der Waals surface area (Å²) in [5.74, 6) is 1.41. The number of nitrogens with zero attached hydrogens (tertiary/aromatic N) is 1. The SMILES string of the molecule is Cc1ccc([C@@H]2c3cc(OCC(=O)NCC(C)C)ccc3CCN2C(=O)CC(C)C)cc1. The fourth-order valence-electron chi connectivity index (χ4n) is 4.04. The molecule has 0 aromatic heterocycles. The second kappa shape index (κ2) is 10.7. The van der Waals surface area contributed by atoms with Gasteiger partial charge in [0.15, 0.2) is 6.61 Å². The number of nitrogens with one attached hydrogen (secondary N) is 1. The number of benzene rings is 2. The lowest BCUT2D eigenvalue weighted by atomic mass is 9.87. The first-order valence-corrected chi connectivity index (χ1v) is 11.6. The van der Waals surface area contributed by atoms with Gasteiger partial charge in [-0.15, -0.1) is 0 Å². The van der Waals surface area contributed by atoms with Gasteiger partial charge in [0.2, 0.25) is 5.91 Å². The molecular weight excluding hydrogens is 400 g/mol. The number of hydrogen-bond donors (Lipinski definition) is 1. The summed E-state index contributed by atoms with van der Waals surface area (Å²) in [5, 5.41) is 2.88. The molecule has 1 N–H and O–H groups in total. The van der Waals surface area contributed by atoms with E-state index >= 15 is 0 Å². The zero-order chi connectivity index (χ0) is 23.3. The Morgan fingerprint density at radius 3 is 2.44 bits per heavy atom. The van der Waals surface area contributed by atoms with E-state index in [1.807, 2.05) is 17.0 Å². The molecule has 0 aliphatic carbocycles. The average Bonchev–Trinajstić information content (AvgIpc) is 2.75. The maximum Gasteiger partial charge on any atom is 0.257 e. The van der Waals surface area contributed by atoms with E-state index in [0.29, 0.717) is 37.1 Å². The molecular formula is C27H36N2O3. The predicted molar refractivity (Wildman–Crippen MR) is 128 cm³/mol. The molecule has 0 unspecified atom stereocenters. The first-order chi connectivity index (χ1) is 15.2. The summed E-state index contributed by atoms with van der Waals surface area (Å²) in [4.78, 5) is 27.2. The molecule has 0 fully saturated rings. The van der Waals surface area contributed by atoms with Crippen LogP contribution in [0.15, 0.2) is 42.5 Å². The lowest BCUT2D eigenvalue weighted by molar-refractivity contribution is -0.134. The summed E-state index contributed by atoms with van der Waals surface area (Å²) in [6.07, 6.45) is 1.35. The average molecular weight is 437 g/mol. The normalized spacial score (nSPS) is 15.6. The molecule has 172 valence electrons. The van der Waals surface area contributed by atoms with Crippen molar-refractivity contribution in [3.05, 3.63) is 64.7 Å². The van der Waals surface area contributed by atoms with Gasteiger partial charge in [0, 0.05) is 19.5 Å². The Bertz CT molecular complexity index is 934. The van der Waals surface area contributed by atoms with Crippen molar-refractivity contribution in [3.63, 3.8) is 0 Å². The fraction of sp³-hybridized carbons (Fsp3) is 0.481. The van der Waals surface area contributed by atoms with Crippen molar-refractivity contribution in [1.82, 2.24) is 10.2 Å². The minimum absolute atomic E-state index is 0.0172. The van der Waals surface area contributed by atoms with E-state index in [-0.39, 0.29) is 24.5 Å². The number of aryl methyl sites for hydroxylation is 1. The van der Waals surface area contributed by atoms with Gasteiger partial charge in [0.05, 0.1) is 6.04 Å². The van der Waals surface area contributed by atoms with Crippen LogP contribution in [-0.4, -0.2) is 36.4 Å². The van der Waals surface area contributed by atoms with Crippen LogP contribution < -0.4 is 10.1 Å². The summed E-state index contributed by atoms with van der Waals surface area (Å²) in [5.41, 5.74) is 4.59. The Morgan fingerprint density at radius 1 is 1.06 bits per heavy atom. The maximum absolute atomic E-state index is 13.1. The quantitative estimate of drug-likeness (QED) is 0.654. The molecule has 0 saturated carbocycles. The molecule has 0 spiro atoms. The minimum atomic E-state index is -0.149. The number of carbonyl (C=O) groups excluding carboxylic acids is 2. The predicted octanol–water partition coefficient (Wildman–Crippen LogP) is 4.67. The molecule has 5 heteroatoms. The van der Waals surface area contributed by atoms with Gasteiger partial charge in [0.1, 0.15) is 5.75 Å². The molecule has 2 amide bonds. The number of fused-ring (bicyclic) bond motifs is 1. The van der Waals surface area contributed by atoms with Gasteiger partial charge < -0.3 is 15.0 Å². The number of carbonyl (C=O) groups is 2. The number of ether oxygens (including phenoxy) is 1. The lowest BCUT2D eigenvalue weighted by Crippen LogP contribution is -2.41. The van der Waals surface area contributed by atoms with E-state index in [4.69, 9.17) is 4.74 Å². The van der Waals surface area contributed by atoms with Crippen LogP contribution in [0.2, 0.25) is 0 Å². The van der Waals surface area contributed by atoms with E-state index in [1.54, 1.807) is 0 Å². The molecule has 5 nitrogen and oxygen atoms in total. The van der Waals surface area contributed by atoms with E-state index in [2.05, 4.69) is 70.3 Å². The van der Waals surface area contributed by atoms with Crippen LogP contribution in [-0.2, 0) is 16.0 Å². The van der Waals surface area contributed by atoms with Gasteiger partial charge in [-0.1, -0.05) is 63.6 Å². The molecule has 0 saturated heterocycles. The van der Waals surface area contributed by atoms with Crippen LogP contribution in [0, 0.1) is 18.8 Å². The van der Waals surface area contributed by atoms with Gasteiger partial charge in [-0.2, -0.15) is 0 Å². The summed E-state index contributed by atoms with van der Waals surface area (Å²) in [6.45, 7) is 11.7. The van der Waals surface area contributed by atoms with Gasteiger partial charge in [-0.05, 0) is 54.0 Å².